The normalized spacial score (nSPS) is 20.2. The quantitative estimate of drug-likeness (QED) is 0.651. The minimum absolute atomic E-state index is 0.0614. The van der Waals surface area contributed by atoms with Gasteiger partial charge in [0.15, 0.2) is 15.6 Å². The summed E-state index contributed by atoms with van der Waals surface area (Å²) in [6.07, 6.45) is 5.34. The van der Waals surface area contributed by atoms with Crippen LogP contribution in [0.1, 0.15) is 46.0 Å². The monoisotopic (exact) mass is 413 g/mol. The summed E-state index contributed by atoms with van der Waals surface area (Å²) in [6, 6.07) is 0.0614. The van der Waals surface area contributed by atoms with Crippen molar-refractivity contribution in [2.75, 3.05) is 16.9 Å². The molecular weight excluding hydrogens is 388 g/mol. The smallest absolute Gasteiger partial charge is 0.387 e. The van der Waals surface area contributed by atoms with Crippen LogP contribution in [0.4, 0.5) is 14.7 Å². The second kappa shape index (κ2) is 11.5. The summed E-state index contributed by atoms with van der Waals surface area (Å²) in [5.74, 6) is 0.682. The molecule has 0 aliphatic heterocycles. The number of halogens is 3. The summed E-state index contributed by atoms with van der Waals surface area (Å²) < 4.78 is 52.6. The zero-order chi connectivity index (χ0) is 19.6. The number of rotatable bonds is 8. The molecule has 1 aromatic heterocycles. The Morgan fingerprint density at radius 2 is 1.81 bits per heavy atom. The van der Waals surface area contributed by atoms with E-state index in [1.165, 1.54) is 12.4 Å². The number of nitrogens with zero attached hydrogens (tertiary/aromatic N) is 2. The van der Waals surface area contributed by atoms with Crippen molar-refractivity contribution in [3.05, 3.63) is 12.4 Å². The lowest BCUT2D eigenvalue weighted by Crippen LogP contribution is -2.34. The highest BCUT2D eigenvalue weighted by atomic mass is 35.5. The predicted molar refractivity (Wildman–Crippen MR) is 98.8 cm³/mol. The molecule has 1 N–H and O–H groups in total. The number of aromatic nitrogens is 2. The number of nitrogens with one attached hydrogen (secondary N) is 1. The van der Waals surface area contributed by atoms with Crippen LogP contribution in [0, 0.1) is 0 Å². The molecule has 1 aliphatic carbocycles. The highest BCUT2D eigenvalue weighted by molar-refractivity contribution is 7.92. The topological polar surface area (TPSA) is 81.2 Å². The highest BCUT2D eigenvalue weighted by Gasteiger charge is 2.30. The van der Waals surface area contributed by atoms with E-state index in [9.17, 15) is 17.2 Å². The van der Waals surface area contributed by atoms with Crippen LogP contribution in [0.15, 0.2) is 12.4 Å². The van der Waals surface area contributed by atoms with Gasteiger partial charge in [0.1, 0.15) is 0 Å². The number of ether oxygens (including phenoxy) is 1. The highest BCUT2D eigenvalue weighted by Crippen LogP contribution is 2.27. The minimum atomic E-state index is -3.09. The summed E-state index contributed by atoms with van der Waals surface area (Å²) in [7, 11) is -3.09. The van der Waals surface area contributed by atoms with Gasteiger partial charge < -0.3 is 10.1 Å². The molecule has 0 atom stereocenters. The third kappa shape index (κ3) is 7.57. The van der Waals surface area contributed by atoms with E-state index in [0.29, 0.717) is 43.9 Å². The molecule has 0 unspecified atom stereocenters. The van der Waals surface area contributed by atoms with Crippen molar-refractivity contribution in [2.24, 2.45) is 0 Å². The first-order chi connectivity index (χ1) is 12.4. The van der Waals surface area contributed by atoms with Crippen molar-refractivity contribution >= 4 is 27.4 Å². The first-order valence-electron chi connectivity index (χ1n) is 8.71. The molecular formula is C16H26ClF2N3O3S. The van der Waals surface area contributed by atoms with Crippen LogP contribution >= 0.6 is 11.6 Å². The van der Waals surface area contributed by atoms with Crippen molar-refractivity contribution < 1.29 is 21.9 Å². The summed E-state index contributed by atoms with van der Waals surface area (Å²) in [6.45, 7) is 1.09. The van der Waals surface area contributed by atoms with Gasteiger partial charge in [-0.2, -0.15) is 8.78 Å². The Kier molecular flexibility index (Phi) is 10.1. The molecule has 0 bridgehead atoms. The van der Waals surface area contributed by atoms with Crippen LogP contribution in [0.25, 0.3) is 0 Å². The molecule has 0 saturated heterocycles. The Morgan fingerprint density at radius 1 is 1.23 bits per heavy atom. The molecule has 0 spiro atoms. The van der Waals surface area contributed by atoms with E-state index >= 15 is 0 Å². The number of hydrogen-bond acceptors (Lipinski definition) is 6. The molecule has 26 heavy (non-hydrogen) atoms. The van der Waals surface area contributed by atoms with E-state index in [2.05, 4.69) is 20.0 Å². The van der Waals surface area contributed by atoms with Crippen LogP contribution in [0.2, 0.25) is 0 Å². The number of alkyl halides is 3. The third-order valence-electron chi connectivity index (χ3n) is 3.93. The van der Waals surface area contributed by atoms with Crippen molar-refractivity contribution in [1.29, 1.82) is 0 Å². The molecule has 1 aliphatic rings. The minimum Gasteiger partial charge on any atom is -0.432 e. The van der Waals surface area contributed by atoms with Gasteiger partial charge in [-0.1, -0.05) is 13.8 Å². The summed E-state index contributed by atoms with van der Waals surface area (Å²) in [4.78, 5) is 7.84. The van der Waals surface area contributed by atoms with Gasteiger partial charge in [-0.3, -0.25) is 0 Å². The summed E-state index contributed by atoms with van der Waals surface area (Å²) in [5.41, 5.74) is 0. The number of hydrogen-bond donors (Lipinski definition) is 1. The Hall–Kier alpha value is -1.22. The van der Waals surface area contributed by atoms with Crippen LogP contribution in [0.5, 0.6) is 5.75 Å². The van der Waals surface area contributed by atoms with Gasteiger partial charge in [-0.25, -0.2) is 18.4 Å². The van der Waals surface area contributed by atoms with E-state index in [1.807, 2.05) is 13.8 Å². The third-order valence-corrected chi connectivity index (χ3v) is 6.54. The lowest BCUT2D eigenvalue weighted by atomic mass is 9.95. The fourth-order valence-corrected chi connectivity index (χ4v) is 4.89. The zero-order valence-corrected chi connectivity index (χ0v) is 16.6. The first kappa shape index (κ1) is 22.8. The first-order valence-corrected chi connectivity index (χ1v) is 11.0. The summed E-state index contributed by atoms with van der Waals surface area (Å²) in [5, 5.41) is 2.78. The fourth-order valence-electron chi connectivity index (χ4n) is 2.73. The van der Waals surface area contributed by atoms with Gasteiger partial charge in [0, 0.05) is 11.9 Å². The lowest BCUT2D eigenvalue weighted by molar-refractivity contribution is -0.0503. The average molecular weight is 414 g/mol. The number of anilines is 1. The molecule has 0 radical (unpaired) electrons. The van der Waals surface area contributed by atoms with E-state index in [-0.39, 0.29) is 22.8 Å². The van der Waals surface area contributed by atoms with Crippen LogP contribution in [-0.2, 0) is 9.84 Å². The largest absolute Gasteiger partial charge is 0.432 e. The van der Waals surface area contributed by atoms with Crippen molar-refractivity contribution in [1.82, 2.24) is 9.97 Å². The predicted octanol–water partition coefficient (Wildman–Crippen LogP) is 3.87. The van der Waals surface area contributed by atoms with Gasteiger partial charge in [-0.15, -0.1) is 11.6 Å². The average Bonchev–Trinajstić information content (AvgIpc) is 2.63. The van der Waals surface area contributed by atoms with Gasteiger partial charge >= 0.3 is 6.61 Å². The van der Waals surface area contributed by atoms with Crippen LogP contribution in [0.3, 0.4) is 0 Å². The van der Waals surface area contributed by atoms with E-state index in [4.69, 9.17) is 11.6 Å². The van der Waals surface area contributed by atoms with E-state index in [0.717, 1.165) is 0 Å². The number of sulfone groups is 1. The Bertz CT molecular complexity index is 610. The molecule has 0 amide bonds. The maximum atomic E-state index is 12.2. The van der Waals surface area contributed by atoms with E-state index in [1.54, 1.807) is 0 Å². The molecule has 1 fully saturated rings. The van der Waals surface area contributed by atoms with E-state index < -0.39 is 16.4 Å². The molecule has 1 heterocycles. The second-order valence-corrected chi connectivity index (χ2v) is 8.43. The Balaban J connectivity index is 0.00000163. The van der Waals surface area contributed by atoms with Gasteiger partial charge in [0.25, 0.3) is 0 Å². The molecule has 10 heteroatoms. The van der Waals surface area contributed by atoms with Gasteiger partial charge in [0.2, 0.25) is 5.95 Å². The zero-order valence-electron chi connectivity index (χ0n) is 15.0. The van der Waals surface area contributed by atoms with Crippen LogP contribution < -0.4 is 10.1 Å². The summed E-state index contributed by atoms with van der Waals surface area (Å²) >= 11 is 5.56. The van der Waals surface area contributed by atoms with Crippen molar-refractivity contribution in [2.45, 2.75) is 63.9 Å². The lowest BCUT2D eigenvalue weighted by Gasteiger charge is -2.28. The molecule has 150 valence electrons. The molecule has 6 nitrogen and oxygen atoms in total. The van der Waals surface area contributed by atoms with Gasteiger partial charge in [0.05, 0.1) is 23.4 Å². The molecule has 0 aromatic carbocycles. The molecule has 1 saturated carbocycles. The second-order valence-electron chi connectivity index (χ2n) is 5.65. The standard InChI is InChI=1S/C14H20ClF2N3O3S.C2H6/c15-6-1-7-24(21,22)12-4-2-10(3-5-12)20-14-18-8-11(9-19-14)23-13(16)17;1-2/h8-10,12-13H,1-7H2,(H,18,19,20);1-2H3. The van der Waals surface area contributed by atoms with Crippen molar-refractivity contribution in [3.63, 3.8) is 0 Å². The van der Waals surface area contributed by atoms with Gasteiger partial charge in [-0.05, 0) is 32.1 Å². The fraction of sp³-hybridized carbons (Fsp3) is 0.750. The maximum Gasteiger partial charge on any atom is 0.387 e. The SMILES string of the molecule is CC.O=S(=O)(CCCCl)C1CCC(Nc2ncc(OC(F)F)cn2)CC1. The van der Waals surface area contributed by atoms with Crippen molar-refractivity contribution in [3.8, 4) is 5.75 Å². The molecule has 2 rings (SSSR count). The maximum absolute atomic E-state index is 12.2. The molecule has 1 aromatic rings. The van der Waals surface area contributed by atoms with Crippen LogP contribution in [-0.4, -0.2) is 47.9 Å². The Labute approximate surface area is 158 Å². The Morgan fingerprint density at radius 3 is 2.31 bits per heavy atom.